The molecule has 0 unspecified atom stereocenters. The van der Waals surface area contributed by atoms with Gasteiger partial charge in [0.25, 0.3) is 0 Å². The number of nitrogens with zero attached hydrogens (tertiary/aromatic N) is 4. The Labute approximate surface area is 117 Å². The average Bonchev–Trinajstić information content (AvgIpc) is 2.39. The number of carboxylic acid groups (broad SMARTS) is 1. The molecule has 1 aromatic heterocycles. The van der Waals surface area contributed by atoms with Gasteiger partial charge in [-0.05, 0) is 13.3 Å². The molecule has 2 atom stereocenters. The van der Waals surface area contributed by atoms with Crippen LogP contribution in [0.1, 0.15) is 12.0 Å². The summed E-state index contributed by atoms with van der Waals surface area (Å²) in [6.07, 6.45) is 1.34. The largest absolute Gasteiger partial charge is 0.481 e. The standard InChI is InChI=1S/C13H20N4O3/c1-8-6-14-13(15-11(8)16(2)3)17-5-4-10(18)9(7-17)12(19)20/h6,9-10,18H,4-5,7H2,1-3H3,(H,19,20)/t9-,10+/m0/s1. The van der Waals surface area contributed by atoms with Crippen molar-refractivity contribution in [3.63, 3.8) is 0 Å². The number of anilines is 2. The molecule has 1 aliphatic rings. The van der Waals surface area contributed by atoms with Crippen LogP contribution in [-0.2, 0) is 4.79 Å². The molecule has 0 bridgehead atoms. The van der Waals surface area contributed by atoms with Crippen LogP contribution < -0.4 is 9.80 Å². The fraction of sp³-hybridized carbons (Fsp3) is 0.615. The number of aliphatic hydroxyl groups is 1. The van der Waals surface area contributed by atoms with Crippen LogP contribution in [0.3, 0.4) is 0 Å². The molecule has 7 heteroatoms. The van der Waals surface area contributed by atoms with E-state index in [4.69, 9.17) is 5.11 Å². The van der Waals surface area contributed by atoms with E-state index in [1.54, 1.807) is 6.20 Å². The molecule has 2 heterocycles. The highest BCUT2D eigenvalue weighted by molar-refractivity contribution is 5.72. The lowest BCUT2D eigenvalue weighted by molar-refractivity contribution is -0.146. The van der Waals surface area contributed by atoms with Crippen molar-refractivity contribution < 1.29 is 15.0 Å². The molecule has 0 radical (unpaired) electrons. The first-order chi connectivity index (χ1) is 9.40. The molecule has 1 fully saturated rings. The molecule has 1 aromatic rings. The van der Waals surface area contributed by atoms with Crippen LogP contribution >= 0.6 is 0 Å². The second kappa shape index (κ2) is 5.62. The quantitative estimate of drug-likeness (QED) is 0.813. The summed E-state index contributed by atoms with van der Waals surface area (Å²) in [6.45, 7) is 2.71. The van der Waals surface area contributed by atoms with Crippen LogP contribution in [0.15, 0.2) is 6.20 Å². The Morgan fingerprint density at radius 3 is 2.80 bits per heavy atom. The Kier molecular flexibility index (Phi) is 4.08. The predicted molar refractivity (Wildman–Crippen MR) is 75.1 cm³/mol. The summed E-state index contributed by atoms with van der Waals surface area (Å²) in [4.78, 5) is 23.6. The van der Waals surface area contributed by atoms with Crippen molar-refractivity contribution in [1.29, 1.82) is 0 Å². The molecule has 0 aromatic carbocycles. The molecule has 110 valence electrons. The van der Waals surface area contributed by atoms with Gasteiger partial charge < -0.3 is 20.0 Å². The number of carbonyl (C=O) groups is 1. The summed E-state index contributed by atoms with van der Waals surface area (Å²) in [5, 5.41) is 18.9. The summed E-state index contributed by atoms with van der Waals surface area (Å²) in [7, 11) is 3.80. The zero-order valence-corrected chi connectivity index (χ0v) is 11.9. The maximum atomic E-state index is 11.1. The van der Waals surface area contributed by atoms with Crippen molar-refractivity contribution in [2.24, 2.45) is 5.92 Å². The first-order valence-electron chi connectivity index (χ1n) is 6.57. The number of aromatic nitrogens is 2. The topological polar surface area (TPSA) is 89.8 Å². The van der Waals surface area contributed by atoms with Gasteiger partial charge in [0.15, 0.2) is 0 Å². The average molecular weight is 280 g/mol. The number of aliphatic hydroxyl groups excluding tert-OH is 1. The van der Waals surface area contributed by atoms with E-state index in [1.165, 1.54) is 0 Å². The SMILES string of the molecule is Cc1cnc(N2CC[C@@H](O)[C@@H](C(=O)O)C2)nc1N(C)C. The fourth-order valence-corrected chi connectivity index (χ4v) is 2.39. The lowest BCUT2D eigenvalue weighted by atomic mass is 9.95. The van der Waals surface area contributed by atoms with Gasteiger partial charge in [-0.1, -0.05) is 0 Å². The van der Waals surface area contributed by atoms with E-state index in [9.17, 15) is 9.90 Å². The van der Waals surface area contributed by atoms with Crippen molar-refractivity contribution in [1.82, 2.24) is 9.97 Å². The fourth-order valence-electron chi connectivity index (χ4n) is 2.39. The number of aryl methyl sites for hydroxylation is 1. The molecule has 0 aliphatic carbocycles. The van der Waals surface area contributed by atoms with Crippen molar-refractivity contribution in [3.8, 4) is 0 Å². The first-order valence-corrected chi connectivity index (χ1v) is 6.57. The zero-order chi connectivity index (χ0) is 14.9. The third-order valence-corrected chi connectivity index (χ3v) is 3.53. The van der Waals surface area contributed by atoms with E-state index in [1.807, 2.05) is 30.8 Å². The van der Waals surface area contributed by atoms with Crippen molar-refractivity contribution in [2.45, 2.75) is 19.4 Å². The van der Waals surface area contributed by atoms with E-state index in [0.29, 0.717) is 18.9 Å². The second-order valence-corrected chi connectivity index (χ2v) is 5.32. The molecule has 0 amide bonds. The van der Waals surface area contributed by atoms with E-state index in [0.717, 1.165) is 11.4 Å². The highest BCUT2D eigenvalue weighted by Crippen LogP contribution is 2.23. The van der Waals surface area contributed by atoms with E-state index < -0.39 is 18.0 Å². The molecule has 20 heavy (non-hydrogen) atoms. The Balaban J connectivity index is 2.24. The lowest BCUT2D eigenvalue weighted by Crippen LogP contribution is -2.47. The first kappa shape index (κ1) is 14.5. The number of carboxylic acids is 1. The minimum Gasteiger partial charge on any atom is -0.481 e. The normalized spacial score (nSPS) is 22.7. The Bertz CT molecular complexity index is 506. The van der Waals surface area contributed by atoms with Crippen molar-refractivity contribution >= 4 is 17.7 Å². The van der Waals surface area contributed by atoms with Crippen LogP contribution in [0.25, 0.3) is 0 Å². The minimum atomic E-state index is -0.984. The van der Waals surface area contributed by atoms with Crippen LogP contribution in [0.4, 0.5) is 11.8 Å². The molecule has 2 rings (SSSR count). The lowest BCUT2D eigenvalue weighted by Gasteiger charge is -2.34. The van der Waals surface area contributed by atoms with Crippen LogP contribution in [0, 0.1) is 12.8 Å². The van der Waals surface area contributed by atoms with E-state index >= 15 is 0 Å². The third kappa shape index (κ3) is 2.82. The van der Waals surface area contributed by atoms with Gasteiger partial charge in [0.05, 0.1) is 6.10 Å². The maximum absolute atomic E-state index is 11.1. The molecule has 7 nitrogen and oxygen atoms in total. The van der Waals surface area contributed by atoms with Crippen LogP contribution in [0.2, 0.25) is 0 Å². The van der Waals surface area contributed by atoms with Crippen LogP contribution in [-0.4, -0.2) is 59.4 Å². The van der Waals surface area contributed by atoms with E-state index in [2.05, 4.69) is 9.97 Å². The summed E-state index contributed by atoms with van der Waals surface area (Å²) >= 11 is 0. The summed E-state index contributed by atoms with van der Waals surface area (Å²) in [5.41, 5.74) is 0.963. The predicted octanol–water partition coefficient (Wildman–Crippen LogP) is 0.123. The van der Waals surface area contributed by atoms with Crippen molar-refractivity contribution in [3.05, 3.63) is 11.8 Å². The molecule has 1 aliphatic heterocycles. The molecule has 0 saturated carbocycles. The zero-order valence-electron chi connectivity index (χ0n) is 11.9. The monoisotopic (exact) mass is 280 g/mol. The second-order valence-electron chi connectivity index (χ2n) is 5.32. The number of hydrogen-bond donors (Lipinski definition) is 2. The van der Waals surface area contributed by atoms with Crippen molar-refractivity contribution in [2.75, 3.05) is 37.0 Å². The molecular weight excluding hydrogens is 260 g/mol. The van der Waals surface area contributed by atoms with Gasteiger partial charge in [0.2, 0.25) is 5.95 Å². The Morgan fingerprint density at radius 2 is 2.20 bits per heavy atom. The van der Waals surface area contributed by atoms with Crippen LogP contribution in [0.5, 0.6) is 0 Å². The Morgan fingerprint density at radius 1 is 1.50 bits per heavy atom. The van der Waals surface area contributed by atoms with Gasteiger partial charge in [0, 0.05) is 38.9 Å². The minimum absolute atomic E-state index is 0.229. The number of aliphatic carboxylic acids is 1. The van der Waals surface area contributed by atoms with Gasteiger partial charge in [-0.25, -0.2) is 4.98 Å². The van der Waals surface area contributed by atoms with E-state index in [-0.39, 0.29) is 6.54 Å². The van der Waals surface area contributed by atoms with Gasteiger partial charge in [0.1, 0.15) is 11.7 Å². The molecule has 2 N–H and O–H groups in total. The summed E-state index contributed by atoms with van der Waals surface area (Å²) < 4.78 is 0. The van der Waals surface area contributed by atoms with Gasteiger partial charge in [-0.3, -0.25) is 4.79 Å². The number of hydrogen-bond acceptors (Lipinski definition) is 6. The highest BCUT2D eigenvalue weighted by Gasteiger charge is 2.34. The summed E-state index contributed by atoms with van der Waals surface area (Å²) in [6, 6.07) is 0. The smallest absolute Gasteiger partial charge is 0.310 e. The molecule has 0 spiro atoms. The van der Waals surface area contributed by atoms with Gasteiger partial charge >= 0.3 is 5.97 Å². The summed E-state index contributed by atoms with van der Waals surface area (Å²) in [5.74, 6) is -0.455. The molecule has 1 saturated heterocycles. The Hall–Kier alpha value is -1.89. The number of rotatable bonds is 3. The molecular formula is C13H20N4O3. The van der Waals surface area contributed by atoms with Gasteiger partial charge in [-0.2, -0.15) is 4.98 Å². The number of piperidine rings is 1. The third-order valence-electron chi connectivity index (χ3n) is 3.53. The highest BCUT2D eigenvalue weighted by atomic mass is 16.4. The van der Waals surface area contributed by atoms with Gasteiger partial charge in [-0.15, -0.1) is 0 Å². The maximum Gasteiger partial charge on any atom is 0.310 e.